The van der Waals surface area contributed by atoms with E-state index in [0.717, 1.165) is 0 Å². The Labute approximate surface area is 211 Å². The standard InChI is InChI=1S/C24H23ClN4O5.ClH/c1-4-33-18-11-14(8-9-17(18)34-24(32)15-6-5-7-16(25)10-15)21(19-12(2)26-28-22(19)30)20-13(3)27-29-23(20)31;/h5-11,21H,4H2,1-3H3,(H2,26,28,30)(H2,27,29,31);1H. The number of aromatic nitrogens is 4. The summed E-state index contributed by atoms with van der Waals surface area (Å²) in [6.07, 6.45) is 0. The van der Waals surface area contributed by atoms with Gasteiger partial charge in [-0.2, -0.15) is 0 Å². The number of halogens is 2. The van der Waals surface area contributed by atoms with Gasteiger partial charge in [0.1, 0.15) is 0 Å². The topological polar surface area (TPSA) is 133 Å². The van der Waals surface area contributed by atoms with Gasteiger partial charge in [-0.25, -0.2) is 4.79 Å². The second kappa shape index (κ2) is 10.7. The van der Waals surface area contributed by atoms with Crippen molar-refractivity contribution in [1.82, 2.24) is 20.4 Å². The summed E-state index contributed by atoms with van der Waals surface area (Å²) in [7, 11) is 0. The van der Waals surface area contributed by atoms with Crippen LogP contribution in [0, 0.1) is 13.8 Å². The summed E-state index contributed by atoms with van der Waals surface area (Å²) in [6.45, 7) is 5.61. The second-order valence-corrected chi connectivity index (χ2v) is 8.14. The van der Waals surface area contributed by atoms with Crippen molar-refractivity contribution in [2.45, 2.75) is 26.7 Å². The number of carbonyl (C=O) groups is 1. The van der Waals surface area contributed by atoms with E-state index in [9.17, 15) is 14.4 Å². The maximum Gasteiger partial charge on any atom is 0.343 e. The molecule has 4 aromatic rings. The molecule has 35 heavy (non-hydrogen) atoms. The smallest absolute Gasteiger partial charge is 0.343 e. The van der Waals surface area contributed by atoms with E-state index in [0.29, 0.717) is 51.0 Å². The fourth-order valence-electron chi connectivity index (χ4n) is 3.91. The van der Waals surface area contributed by atoms with E-state index in [4.69, 9.17) is 21.1 Å². The molecule has 0 saturated heterocycles. The lowest BCUT2D eigenvalue weighted by Gasteiger charge is -2.18. The minimum atomic E-state index is -0.693. The zero-order valence-electron chi connectivity index (χ0n) is 19.2. The first-order chi connectivity index (χ1) is 16.3. The number of esters is 1. The van der Waals surface area contributed by atoms with Crippen LogP contribution >= 0.6 is 24.0 Å². The number of carbonyl (C=O) groups excluding carboxylic acids is 1. The molecule has 4 rings (SSSR count). The van der Waals surface area contributed by atoms with Crippen molar-refractivity contribution < 1.29 is 14.3 Å². The second-order valence-electron chi connectivity index (χ2n) is 7.71. The summed E-state index contributed by atoms with van der Waals surface area (Å²) < 4.78 is 11.3. The van der Waals surface area contributed by atoms with Crippen LogP contribution in [0.2, 0.25) is 5.02 Å². The van der Waals surface area contributed by atoms with E-state index >= 15 is 0 Å². The van der Waals surface area contributed by atoms with E-state index in [1.165, 1.54) is 6.07 Å². The molecule has 2 aromatic carbocycles. The molecule has 9 nitrogen and oxygen atoms in total. The highest BCUT2D eigenvalue weighted by Gasteiger charge is 2.29. The lowest BCUT2D eigenvalue weighted by Crippen LogP contribution is -2.20. The summed E-state index contributed by atoms with van der Waals surface area (Å²) in [6, 6.07) is 11.4. The van der Waals surface area contributed by atoms with Crippen LogP contribution in [0.4, 0.5) is 0 Å². The lowest BCUT2D eigenvalue weighted by molar-refractivity contribution is 0.0728. The Morgan fingerprint density at radius 1 is 0.914 bits per heavy atom. The first kappa shape index (κ1) is 25.9. The van der Waals surface area contributed by atoms with Crippen LogP contribution in [-0.4, -0.2) is 33.0 Å². The van der Waals surface area contributed by atoms with Gasteiger partial charge in [0, 0.05) is 22.3 Å². The molecule has 0 aliphatic heterocycles. The molecule has 0 aliphatic carbocycles. The molecule has 11 heteroatoms. The van der Waals surface area contributed by atoms with Crippen molar-refractivity contribution in [1.29, 1.82) is 0 Å². The van der Waals surface area contributed by atoms with Gasteiger partial charge in [0.25, 0.3) is 11.1 Å². The van der Waals surface area contributed by atoms with E-state index in [1.807, 2.05) is 0 Å². The quantitative estimate of drug-likeness (QED) is 0.215. The number of hydrogen-bond acceptors (Lipinski definition) is 5. The largest absolute Gasteiger partial charge is 0.490 e. The van der Waals surface area contributed by atoms with Gasteiger partial charge < -0.3 is 19.7 Å². The highest BCUT2D eigenvalue weighted by Crippen LogP contribution is 2.37. The molecular weight excluding hydrogens is 495 g/mol. The first-order valence-corrected chi connectivity index (χ1v) is 11.0. The van der Waals surface area contributed by atoms with Gasteiger partial charge in [0.15, 0.2) is 11.5 Å². The summed E-state index contributed by atoms with van der Waals surface area (Å²) in [4.78, 5) is 38.0. The monoisotopic (exact) mass is 518 g/mol. The number of benzene rings is 2. The third-order valence-corrected chi connectivity index (χ3v) is 5.70. The third kappa shape index (κ3) is 5.21. The van der Waals surface area contributed by atoms with Gasteiger partial charge in [-0.15, -0.1) is 12.4 Å². The summed E-state index contributed by atoms with van der Waals surface area (Å²) >= 11 is 5.98. The van der Waals surface area contributed by atoms with Gasteiger partial charge in [0.2, 0.25) is 0 Å². The Bertz CT molecular complexity index is 1410. The van der Waals surface area contributed by atoms with E-state index in [2.05, 4.69) is 20.4 Å². The molecule has 0 amide bonds. The Morgan fingerprint density at radius 2 is 1.54 bits per heavy atom. The molecule has 0 atom stereocenters. The number of nitrogens with one attached hydrogen (secondary N) is 4. The summed E-state index contributed by atoms with van der Waals surface area (Å²) in [5.41, 5.74) is 2.24. The van der Waals surface area contributed by atoms with Crippen molar-refractivity contribution in [3.63, 3.8) is 0 Å². The molecule has 2 heterocycles. The number of rotatable bonds is 7. The number of H-pyrrole nitrogens is 4. The SMILES string of the molecule is CCOc1cc(C(c2c(C)[nH][nH]c2=O)c2c(C)[nH][nH]c2=O)ccc1OC(=O)c1cccc(Cl)c1.Cl. The molecule has 4 N–H and O–H groups in total. The maximum absolute atomic E-state index is 12.7. The first-order valence-electron chi connectivity index (χ1n) is 10.6. The number of aryl methyl sites for hydroxylation is 2. The van der Waals surface area contributed by atoms with Crippen LogP contribution in [0.3, 0.4) is 0 Å². The predicted molar refractivity (Wildman–Crippen MR) is 135 cm³/mol. The fraction of sp³-hybridized carbons (Fsp3) is 0.208. The highest BCUT2D eigenvalue weighted by atomic mass is 35.5. The van der Waals surface area contributed by atoms with E-state index in [-0.39, 0.29) is 29.3 Å². The van der Waals surface area contributed by atoms with Gasteiger partial charge >= 0.3 is 5.97 Å². The molecule has 0 saturated carbocycles. The minimum absolute atomic E-state index is 0. The Morgan fingerprint density at radius 3 is 2.06 bits per heavy atom. The zero-order chi connectivity index (χ0) is 24.4. The molecule has 0 radical (unpaired) electrons. The molecule has 0 bridgehead atoms. The molecule has 2 aromatic heterocycles. The average Bonchev–Trinajstić information content (AvgIpc) is 3.32. The third-order valence-electron chi connectivity index (χ3n) is 5.47. The molecule has 184 valence electrons. The van der Waals surface area contributed by atoms with Crippen molar-refractivity contribution in [3.8, 4) is 11.5 Å². The Balaban J connectivity index is 0.00000342. The molecular formula is C24H24Cl2N4O5. The molecule has 0 aliphatic rings. The summed E-state index contributed by atoms with van der Waals surface area (Å²) in [5.74, 6) is -0.783. The van der Waals surface area contributed by atoms with Crippen molar-refractivity contribution in [2.24, 2.45) is 0 Å². The van der Waals surface area contributed by atoms with Gasteiger partial charge in [-0.05, 0) is 56.7 Å². The van der Waals surface area contributed by atoms with Crippen molar-refractivity contribution in [2.75, 3.05) is 6.61 Å². The van der Waals surface area contributed by atoms with E-state index < -0.39 is 11.9 Å². The van der Waals surface area contributed by atoms with Gasteiger partial charge in [0.05, 0.1) is 23.3 Å². The number of ether oxygens (including phenoxy) is 2. The molecule has 0 spiro atoms. The van der Waals surface area contributed by atoms with Gasteiger partial charge in [-0.1, -0.05) is 23.7 Å². The van der Waals surface area contributed by atoms with Crippen molar-refractivity contribution >= 4 is 30.0 Å². The van der Waals surface area contributed by atoms with Crippen LogP contribution in [0.1, 0.15) is 51.3 Å². The number of hydrogen-bond donors (Lipinski definition) is 4. The van der Waals surface area contributed by atoms with Crippen LogP contribution < -0.4 is 20.6 Å². The Kier molecular flexibility index (Phi) is 7.93. The number of aromatic amines is 4. The minimum Gasteiger partial charge on any atom is -0.490 e. The molecule has 0 fully saturated rings. The molecule has 0 unspecified atom stereocenters. The van der Waals surface area contributed by atoms with Crippen LogP contribution in [0.25, 0.3) is 0 Å². The van der Waals surface area contributed by atoms with Gasteiger partial charge in [-0.3, -0.25) is 19.8 Å². The maximum atomic E-state index is 12.7. The fourth-order valence-corrected chi connectivity index (χ4v) is 4.11. The zero-order valence-corrected chi connectivity index (χ0v) is 20.7. The van der Waals surface area contributed by atoms with Crippen LogP contribution in [0.15, 0.2) is 52.1 Å². The van der Waals surface area contributed by atoms with Crippen LogP contribution in [-0.2, 0) is 0 Å². The predicted octanol–water partition coefficient (Wildman–Crippen LogP) is 4.21. The average molecular weight is 519 g/mol. The Hall–Kier alpha value is -3.69. The summed E-state index contributed by atoms with van der Waals surface area (Å²) in [5, 5.41) is 11.2. The lowest BCUT2D eigenvalue weighted by atomic mass is 9.85. The van der Waals surface area contributed by atoms with E-state index in [1.54, 1.807) is 57.2 Å². The van der Waals surface area contributed by atoms with Crippen molar-refractivity contribution in [3.05, 3.63) is 102 Å². The normalized spacial score (nSPS) is 10.8. The van der Waals surface area contributed by atoms with Crippen LogP contribution in [0.5, 0.6) is 11.5 Å². The highest BCUT2D eigenvalue weighted by molar-refractivity contribution is 6.30.